The fraction of sp³-hybridized carbons (Fsp3) is 0. The van der Waals surface area contributed by atoms with Crippen molar-refractivity contribution in [3.8, 4) is 39.4 Å². The van der Waals surface area contributed by atoms with Crippen LogP contribution in [0.4, 0.5) is 0 Å². The van der Waals surface area contributed by atoms with Gasteiger partial charge in [0.05, 0.1) is 33.1 Å². The summed E-state index contributed by atoms with van der Waals surface area (Å²) in [7, 11) is 0. The average molecular weight is 654 g/mol. The summed E-state index contributed by atoms with van der Waals surface area (Å²) in [5.41, 5.74) is 11.1. The van der Waals surface area contributed by atoms with E-state index in [1.165, 1.54) is 16.3 Å². The van der Waals surface area contributed by atoms with Crippen molar-refractivity contribution in [3.05, 3.63) is 198 Å². The second-order valence-corrected chi connectivity index (χ2v) is 13.0. The largest absolute Gasteiger partial charge is 0.309 e. The van der Waals surface area contributed by atoms with Gasteiger partial charge in [0.25, 0.3) is 5.56 Å². The number of aromatic nitrogens is 3. The summed E-state index contributed by atoms with van der Waals surface area (Å²) < 4.78 is 6.43. The van der Waals surface area contributed by atoms with Gasteiger partial charge in [-0.1, -0.05) is 115 Å². The Kier molecular flexibility index (Phi) is 6.61. The molecule has 3 aromatic heterocycles. The molecule has 10 rings (SSSR count). The Morgan fingerprint density at radius 2 is 0.765 bits per heavy atom. The smallest absolute Gasteiger partial charge is 0.265 e. The maximum atomic E-state index is 15.0. The normalized spacial score (nSPS) is 11.6. The van der Waals surface area contributed by atoms with E-state index in [9.17, 15) is 0 Å². The number of hydrogen-bond acceptors (Lipinski definition) is 1. The lowest BCUT2D eigenvalue weighted by molar-refractivity contribution is 1.01. The molecule has 0 bridgehead atoms. The van der Waals surface area contributed by atoms with Crippen LogP contribution >= 0.6 is 0 Å². The van der Waals surface area contributed by atoms with Gasteiger partial charge in [0.15, 0.2) is 0 Å². The van der Waals surface area contributed by atoms with Gasteiger partial charge in [0, 0.05) is 33.2 Å². The highest BCUT2D eigenvalue weighted by Crippen LogP contribution is 2.38. The third-order valence-corrected chi connectivity index (χ3v) is 10.1. The molecular formula is C47H31N3O. The molecule has 0 aliphatic rings. The van der Waals surface area contributed by atoms with Gasteiger partial charge in [-0.25, -0.2) is 0 Å². The topological polar surface area (TPSA) is 31.9 Å². The number of benzene rings is 7. The molecule has 51 heavy (non-hydrogen) atoms. The fourth-order valence-corrected chi connectivity index (χ4v) is 7.78. The van der Waals surface area contributed by atoms with Gasteiger partial charge >= 0.3 is 0 Å². The van der Waals surface area contributed by atoms with E-state index in [1.54, 1.807) is 0 Å². The first kappa shape index (κ1) is 29.0. The van der Waals surface area contributed by atoms with Crippen molar-refractivity contribution in [3.63, 3.8) is 0 Å². The lowest BCUT2D eigenvalue weighted by Gasteiger charge is -2.15. The molecule has 10 aromatic rings. The molecule has 0 atom stereocenters. The van der Waals surface area contributed by atoms with Crippen molar-refractivity contribution in [2.45, 2.75) is 0 Å². The van der Waals surface area contributed by atoms with Crippen molar-refractivity contribution < 1.29 is 0 Å². The van der Waals surface area contributed by atoms with E-state index in [0.717, 1.165) is 61.4 Å². The summed E-state index contributed by atoms with van der Waals surface area (Å²) in [6, 6.07) is 65.1. The van der Waals surface area contributed by atoms with Gasteiger partial charge in [-0.15, -0.1) is 0 Å². The maximum absolute atomic E-state index is 15.0. The molecule has 0 saturated heterocycles. The summed E-state index contributed by atoms with van der Waals surface area (Å²) >= 11 is 0. The molecule has 0 saturated carbocycles. The lowest BCUT2D eigenvalue weighted by atomic mass is 10.0. The van der Waals surface area contributed by atoms with E-state index in [2.05, 4.69) is 130 Å². The summed E-state index contributed by atoms with van der Waals surface area (Å²) in [5, 5.41) is 4.02. The molecule has 0 amide bonds. The van der Waals surface area contributed by atoms with Crippen LogP contribution in [0, 0.1) is 0 Å². The van der Waals surface area contributed by atoms with Gasteiger partial charge in [-0.05, 0) is 89.5 Å². The number of hydrogen-bond donors (Lipinski definition) is 0. The lowest BCUT2D eigenvalue weighted by Crippen LogP contribution is -2.20. The molecule has 0 aliphatic heterocycles. The summed E-state index contributed by atoms with van der Waals surface area (Å²) in [6.07, 6.45) is 0. The molecule has 0 radical (unpaired) electrons. The number of pyridine rings is 1. The Hall–Kier alpha value is -6.91. The van der Waals surface area contributed by atoms with E-state index in [4.69, 9.17) is 0 Å². The molecule has 0 spiro atoms. The van der Waals surface area contributed by atoms with E-state index in [0.29, 0.717) is 5.39 Å². The standard InChI is InChI=1S/C47H31N3O/c51-47-46-40-30-34(33-25-27-42-39(29-33)38-23-13-14-24-41(38)48(42)35-17-7-2-8-18-35)26-28-43(40)49(36-19-9-3-10-20-36)45(46)31-44(32-15-5-1-6-16-32)50(47)37-21-11-4-12-22-37/h1-31H. The molecule has 0 unspecified atom stereocenters. The first-order valence-electron chi connectivity index (χ1n) is 17.2. The van der Waals surface area contributed by atoms with E-state index < -0.39 is 0 Å². The Morgan fingerprint density at radius 1 is 0.314 bits per heavy atom. The molecule has 0 aliphatic carbocycles. The first-order valence-corrected chi connectivity index (χ1v) is 17.2. The van der Waals surface area contributed by atoms with Crippen molar-refractivity contribution in [2.75, 3.05) is 0 Å². The minimum atomic E-state index is -0.0456. The predicted molar refractivity (Wildman–Crippen MR) is 212 cm³/mol. The van der Waals surface area contributed by atoms with Crippen molar-refractivity contribution in [2.24, 2.45) is 0 Å². The average Bonchev–Trinajstić information content (AvgIpc) is 3.71. The Bertz CT molecular complexity index is 2960. The summed E-state index contributed by atoms with van der Waals surface area (Å²) in [6.45, 7) is 0. The Balaban J connectivity index is 1.26. The van der Waals surface area contributed by atoms with Crippen LogP contribution < -0.4 is 5.56 Å². The van der Waals surface area contributed by atoms with Crippen molar-refractivity contribution in [1.29, 1.82) is 0 Å². The van der Waals surface area contributed by atoms with Gasteiger partial charge in [0.2, 0.25) is 0 Å². The molecule has 4 heteroatoms. The van der Waals surface area contributed by atoms with Crippen LogP contribution in [0.25, 0.3) is 83.1 Å². The van der Waals surface area contributed by atoms with Crippen LogP contribution in [0.2, 0.25) is 0 Å². The van der Waals surface area contributed by atoms with E-state index in [1.807, 2.05) is 71.3 Å². The zero-order valence-corrected chi connectivity index (χ0v) is 27.6. The van der Waals surface area contributed by atoms with E-state index >= 15 is 4.79 Å². The van der Waals surface area contributed by atoms with Gasteiger partial charge in [-0.2, -0.15) is 0 Å². The predicted octanol–water partition coefficient (Wildman–Crippen LogP) is 11.4. The van der Waals surface area contributed by atoms with Crippen LogP contribution in [0.1, 0.15) is 0 Å². The highest BCUT2D eigenvalue weighted by Gasteiger charge is 2.21. The number of rotatable bonds is 5. The Labute approximate surface area is 294 Å². The van der Waals surface area contributed by atoms with Crippen LogP contribution in [-0.4, -0.2) is 13.7 Å². The second-order valence-electron chi connectivity index (χ2n) is 13.0. The van der Waals surface area contributed by atoms with Gasteiger partial charge in [0.1, 0.15) is 0 Å². The second kappa shape index (κ2) is 11.6. The quantitative estimate of drug-likeness (QED) is 0.182. The summed E-state index contributed by atoms with van der Waals surface area (Å²) in [5.74, 6) is 0. The molecule has 0 fully saturated rings. The van der Waals surface area contributed by atoms with Crippen LogP contribution in [0.15, 0.2) is 193 Å². The highest BCUT2D eigenvalue weighted by atomic mass is 16.1. The highest BCUT2D eigenvalue weighted by molar-refractivity contribution is 6.13. The van der Waals surface area contributed by atoms with Crippen molar-refractivity contribution >= 4 is 43.6 Å². The van der Waals surface area contributed by atoms with Crippen LogP contribution in [0.3, 0.4) is 0 Å². The molecular weight excluding hydrogens is 623 g/mol. The number of nitrogens with zero attached hydrogens (tertiary/aromatic N) is 3. The first-order chi connectivity index (χ1) is 25.2. The number of fused-ring (bicyclic) bond motifs is 6. The molecule has 4 nitrogen and oxygen atoms in total. The molecule has 0 N–H and O–H groups in total. The van der Waals surface area contributed by atoms with E-state index in [-0.39, 0.29) is 5.56 Å². The maximum Gasteiger partial charge on any atom is 0.265 e. The van der Waals surface area contributed by atoms with Gasteiger partial charge < -0.3 is 9.13 Å². The van der Waals surface area contributed by atoms with Gasteiger partial charge in [-0.3, -0.25) is 9.36 Å². The fourth-order valence-electron chi connectivity index (χ4n) is 7.78. The third-order valence-electron chi connectivity index (χ3n) is 10.1. The minimum Gasteiger partial charge on any atom is -0.309 e. The summed E-state index contributed by atoms with van der Waals surface area (Å²) in [4.78, 5) is 15.0. The molecule has 7 aromatic carbocycles. The Morgan fingerprint density at radius 3 is 1.37 bits per heavy atom. The molecule has 240 valence electrons. The number of para-hydroxylation sites is 4. The van der Waals surface area contributed by atoms with Crippen LogP contribution in [-0.2, 0) is 0 Å². The van der Waals surface area contributed by atoms with Crippen molar-refractivity contribution in [1.82, 2.24) is 13.7 Å². The zero-order valence-electron chi connectivity index (χ0n) is 27.6. The molecule has 3 heterocycles. The van der Waals surface area contributed by atoms with Crippen LogP contribution in [0.5, 0.6) is 0 Å². The monoisotopic (exact) mass is 653 g/mol. The zero-order chi connectivity index (χ0) is 33.9. The SMILES string of the molecule is O=c1c2c3cc(-c4ccc5c(c4)c4ccccc4n5-c4ccccc4)ccc3n(-c3ccccc3)c2cc(-c2ccccc2)n1-c1ccccc1. The third kappa shape index (κ3) is 4.58. The minimum absolute atomic E-state index is 0.0456.